The molecule has 0 saturated carbocycles. The second-order valence-corrected chi connectivity index (χ2v) is 6.79. The predicted molar refractivity (Wildman–Crippen MR) is 89.8 cm³/mol. The molecule has 21 heavy (non-hydrogen) atoms. The van der Waals surface area contributed by atoms with Gasteiger partial charge in [0.25, 0.3) is 5.91 Å². The summed E-state index contributed by atoms with van der Waals surface area (Å²) in [5, 5.41) is 0.656. The molecule has 0 unspecified atom stereocenters. The van der Waals surface area contributed by atoms with E-state index >= 15 is 0 Å². The van der Waals surface area contributed by atoms with Crippen molar-refractivity contribution in [2.45, 2.75) is 0 Å². The molecule has 1 amide bonds. The average molecular weight is 382 g/mol. The molecule has 3 nitrogen and oxygen atoms in total. The van der Waals surface area contributed by atoms with E-state index in [1.165, 1.54) is 11.3 Å². The number of carbonyl (C=O) groups is 1. The summed E-state index contributed by atoms with van der Waals surface area (Å²) in [4.78, 5) is 17.1. The molecule has 0 aliphatic carbocycles. The third kappa shape index (κ3) is 2.81. The number of nitrogens with zero attached hydrogens (tertiary/aromatic N) is 2. The number of amides is 1. The van der Waals surface area contributed by atoms with Gasteiger partial charge in [0.1, 0.15) is 0 Å². The number of fused-ring (bicyclic) bond motifs is 1. The molecular weight excluding hydrogens is 372 g/mol. The van der Waals surface area contributed by atoms with E-state index in [0.717, 1.165) is 14.7 Å². The highest BCUT2D eigenvalue weighted by molar-refractivity contribution is 9.10. The zero-order valence-corrected chi connectivity index (χ0v) is 14.2. The quantitative estimate of drug-likeness (QED) is 0.615. The van der Waals surface area contributed by atoms with Crippen molar-refractivity contribution in [3.8, 4) is 0 Å². The van der Waals surface area contributed by atoms with Crippen molar-refractivity contribution >= 4 is 55.0 Å². The third-order valence-corrected chi connectivity index (χ3v) is 4.99. The fourth-order valence-corrected chi connectivity index (χ4v) is 3.67. The molecule has 0 spiro atoms. The number of hydrogen-bond donors (Lipinski definition) is 0. The first-order valence-electron chi connectivity index (χ1n) is 6.15. The highest BCUT2D eigenvalue weighted by atomic mass is 79.9. The lowest BCUT2D eigenvalue weighted by Gasteiger charge is -1.98. The third-order valence-electron chi connectivity index (χ3n) is 3.06. The molecule has 0 aliphatic heterocycles. The number of halogens is 2. The summed E-state index contributed by atoms with van der Waals surface area (Å²) < 4.78 is 3.78. The predicted octanol–water partition coefficient (Wildman–Crippen LogP) is 4.40. The zero-order chi connectivity index (χ0) is 15.0. The minimum atomic E-state index is -0.263. The first-order chi connectivity index (χ1) is 10.1. The Labute approximate surface area is 138 Å². The van der Waals surface area contributed by atoms with E-state index in [1.54, 1.807) is 12.1 Å². The Morgan fingerprint density at radius 1 is 1.24 bits per heavy atom. The SMILES string of the molecule is Cn1c(=NC(=O)c2ccc(Br)cc2)sc2cccc(Cl)c21. The maximum atomic E-state index is 12.2. The van der Waals surface area contributed by atoms with Gasteiger partial charge >= 0.3 is 0 Å². The van der Waals surface area contributed by atoms with E-state index in [0.29, 0.717) is 15.4 Å². The molecule has 1 aromatic heterocycles. The normalized spacial score (nSPS) is 12.0. The second-order valence-electron chi connectivity index (χ2n) is 4.45. The van der Waals surface area contributed by atoms with E-state index in [9.17, 15) is 4.79 Å². The molecule has 0 atom stereocenters. The fourth-order valence-electron chi connectivity index (χ4n) is 2.01. The van der Waals surface area contributed by atoms with Crippen LogP contribution in [0, 0.1) is 0 Å². The van der Waals surface area contributed by atoms with Crippen LogP contribution in [0.25, 0.3) is 10.2 Å². The molecule has 3 aromatic rings. The van der Waals surface area contributed by atoms with Gasteiger partial charge in [-0.15, -0.1) is 0 Å². The van der Waals surface area contributed by atoms with Crippen LogP contribution in [0.3, 0.4) is 0 Å². The smallest absolute Gasteiger partial charge is 0.279 e. The van der Waals surface area contributed by atoms with Crippen LogP contribution >= 0.6 is 38.9 Å². The molecule has 6 heteroatoms. The van der Waals surface area contributed by atoms with Crippen molar-refractivity contribution in [1.82, 2.24) is 4.57 Å². The van der Waals surface area contributed by atoms with Gasteiger partial charge in [0.15, 0.2) is 4.80 Å². The van der Waals surface area contributed by atoms with Crippen LogP contribution in [-0.2, 0) is 7.05 Å². The van der Waals surface area contributed by atoms with E-state index in [4.69, 9.17) is 11.6 Å². The number of rotatable bonds is 1. The molecular formula is C15H10BrClN2OS. The number of carbonyl (C=O) groups excluding carboxylic acids is 1. The molecule has 0 aliphatic rings. The molecule has 2 aromatic carbocycles. The van der Waals surface area contributed by atoms with E-state index in [1.807, 2.05) is 41.9 Å². The Kier molecular flexibility index (Phi) is 3.97. The first-order valence-corrected chi connectivity index (χ1v) is 8.13. The van der Waals surface area contributed by atoms with Crippen molar-refractivity contribution in [2.75, 3.05) is 0 Å². The summed E-state index contributed by atoms with van der Waals surface area (Å²) in [6.07, 6.45) is 0. The number of para-hydroxylation sites is 1. The summed E-state index contributed by atoms with van der Waals surface area (Å²) in [6, 6.07) is 12.8. The number of thiazole rings is 1. The lowest BCUT2D eigenvalue weighted by molar-refractivity contribution is 0.0998. The molecule has 106 valence electrons. The largest absolute Gasteiger partial charge is 0.318 e. The Hall–Kier alpha value is -1.43. The van der Waals surface area contributed by atoms with Gasteiger partial charge in [-0.3, -0.25) is 4.79 Å². The van der Waals surface area contributed by atoms with E-state index in [-0.39, 0.29) is 5.91 Å². The maximum absolute atomic E-state index is 12.2. The Morgan fingerprint density at radius 2 is 1.95 bits per heavy atom. The standard InChI is InChI=1S/C15H10BrClN2OS/c1-19-13-11(17)3-2-4-12(13)21-15(19)18-14(20)9-5-7-10(16)8-6-9/h2-8H,1H3. The van der Waals surface area contributed by atoms with Gasteiger partial charge in [-0.2, -0.15) is 4.99 Å². The summed E-state index contributed by atoms with van der Waals surface area (Å²) >= 11 is 11.0. The highest BCUT2D eigenvalue weighted by Crippen LogP contribution is 2.24. The van der Waals surface area contributed by atoms with Crippen LogP contribution in [0.4, 0.5) is 0 Å². The topological polar surface area (TPSA) is 34.4 Å². The van der Waals surface area contributed by atoms with Crippen molar-refractivity contribution in [3.05, 3.63) is 62.3 Å². The summed E-state index contributed by atoms with van der Waals surface area (Å²) in [5.41, 5.74) is 1.45. The van der Waals surface area contributed by atoms with Gasteiger partial charge < -0.3 is 4.57 Å². The number of hydrogen-bond acceptors (Lipinski definition) is 2. The van der Waals surface area contributed by atoms with Crippen LogP contribution in [0.5, 0.6) is 0 Å². The summed E-state index contributed by atoms with van der Waals surface area (Å²) in [5.74, 6) is -0.263. The monoisotopic (exact) mass is 380 g/mol. The number of aromatic nitrogens is 1. The molecule has 0 bridgehead atoms. The lowest BCUT2D eigenvalue weighted by atomic mass is 10.2. The fraction of sp³-hybridized carbons (Fsp3) is 0.0667. The number of aryl methyl sites for hydroxylation is 1. The van der Waals surface area contributed by atoms with Gasteiger partial charge in [-0.1, -0.05) is 44.9 Å². The molecule has 0 radical (unpaired) electrons. The zero-order valence-electron chi connectivity index (χ0n) is 11.0. The van der Waals surface area contributed by atoms with Gasteiger partial charge in [0.05, 0.1) is 15.2 Å². The van der Waals surface area contributed by atoms with E-state index in [2.05, 4.69) is 20.9 Å². The van der Waals surface area contributed by atoms with Crippen LogP contribution in [0.1, 0.15) is 10.4 Å². The van der Waals surface area contributed by atoms with E-state index < -0.39 is 0 Å². The van der Waals surface area contributed by atoms with Crippen molar-refractivity contribution in [2.24, 2.45) is 12.0 Å². The molecule has 1 heterocycles. The Balaban J connectivity index is 2.11. The van der Waals surface area contributed by atoms with Crippen molar-refractivity contribution < 1.29 is 4.79 Å². The maximum Gasteiger partial charge on any atom is 0.279 e. The Bertz CT molecular complexity index is 896. The van der Waals surface area contributed by atoms with Gasteiger partial charge in [-0.25, -0.2) is 0 Å². The minimum Gasteiger partial charge on any atom is -0.318 e. The summed E-state index contributed by atoms with van der Waals surface area (Å²) in [7, 11) is 1.86. The second kappa shape index (κ2) is 5.75. The lowest BCUT2D eigenvalue weighted by Crippen LogP contribution is -2.13. The molecule has 0 fully saturated rings. The van der Waals surface area contributed by atoms with Gasteiger partial charge in [-0.05, 0) is 36.4 Å². The van der Waals surface area contributed by atoms with Crippen LogP contribution in [0.15, 0.2) is 51.9 Å². The van der Waals surface area contributed by atoms with Crippen molar-refractivity contribution in [1.29, 1.82) is 0 Å². The molecule has 0 N–H and O–H groups in total. The van der Waals surface area contributed by atoms with Crippen LogP contribution < -0.4 is 4.80 Å². The first kappa shape index (κ1) is 14.5. The van der Waals surface area contributed by atoms with Crippen molar-refractivity contribution in [3.63, 3.8) is 0 Å². The summed E-state index contributed by atoms with van der Waals surface area (Å²) in [6.45, 7) is 0. The van der Waals surface area contributed by atoms with Gasteiger partial charge in [0, 0.05) is 17.1 Å². The van der Waals surface area contributed by atoms with Crippen LogP contribution in [0.2, 0.25) is 5.02 Å². The van der Waals surface area contributed by atoms with Gasteiger partial charge in [0.2, 0.25) is 0 Å². The molecule has 0 saturated heterocycles. The minimum absolute atomic E-state index is 0.263. The number of benzene rings is 2. The van der Waals surface area contributed by atoms with Crippen LogP contribution in [-0.4, -0.2) is 10.5 Å². The highest BCUT2D eigenvalue weighted by Gasteiger charge is 2.09. The molecule has 3 rings (SSSR count). The average Bonchev–Trinajstić information content (AvgIpc) is 2.77. The Morgan fingerprint density at radius 3 is 2.62 bits per heavy atom.